The zero-order chi connectivity index (χ0) is 18.2. The van der Waals surface area contributed by atoms with E-state index in [1.807, 2.05) is 24.3 Å². The van der Waals surface area contributed by atoms with Gasteiger partial charge in [0.1, 0.15) is 5.75 Å². The summed E-state index contributed by atoms with van der Waals surface area (Å²) in [5.74, 6) is 1.24. The maximum atomic E-state index is 5.77. The lowest BCUT2D eigenvalue weighted by atomic mass is 10.2. The Balaban J connectivity index is 1.53. The SMILES string of the molecule is CCCOc1ccccc1-c1nnc(NCCC(C)N2CCOCC2)o1. The predicted octanol–water partition coefficient (Wildman–Crippen LogP) is 3.05. The second-order valence-corrected chi connectivity index (χ2v) is 6.47. The molecule has 0 spiro atoms. The molecule has 3 rings (SSSR count). The molecule has 0 bridgehead atoms. The van der Waals surface area contributed by atoms with Crippen molar-refractivity contribution in [1.29, 1.82) is 0 Å². The largest absolute Gasteiger partial charge is 0.493 e. The van der Waals surface area contributed by atoms with Gasteiger partial charge in [-0.25, -0.2) is 0 Å². The molecule has 1 saturated heterocycles. The summed E-state index contributed by atoms with van der Waals surface area (Å²) in [4.78, 5) is 2.45. The molecule has 1 unspecified atom stereocenters. The fourth-order valence-corrected chi connectivity index (χ4v) is 2.97. The van der Waals surface area contributed by atoms with Gasteiger partial charge >= 0.3 is 6.01 Å². The lowest BCUT2D eigenvalue weighted by Gasteiger charge is -2.32. The summed E-state index contributed by atoms with van der Waals surface area (Å²) in [5, 5.41) is 11.5. The number of hydrogen-bond acceptors (Lipinski definition) is 7. The van der Waals surface area contributed by atoms with Crippen LogP contribution in [0.15, 0.2) is 28.7 Å². The van der Waals surface area contributed by atoms with E-state index in [1.54, 1.807) is 0 Å². The van der Waals surface area contributed by atoms with E-state index in [-0.39, 0.29) is 0 Å². The number of nitrogens with one attached hydrogen (secondary N) is 1. The zero-order valence-corrected chi connectivity index (χ0v) is 15.6. The van der Waals surface area contributed by atoms with Gasteiger partial charge in [-0.3, -0.25) is 4.90 Å². The van der Waals surface area contributed by atoms with Gasteiger partial charge in [-0.1, -0.05) is 24.2 Å². The Kier molecular flexibility index (Phi) is 6.85. The third-order valence-electron chi connectivity index (χ3n) is 4.51. The van der Waals surface area contributed by atoms with Crippen LogP contribution in [0.5, 0.6) is 5.75 Å². The number of para-hydroxylation sites is 1. The maximum Gasteiger partial charge on any atom is 0.315 e. The minimum atomic E-state index is 0.444. The molecule has 1 fully saturated rings. The van der Waals surface area contributed by atoms with Crippen molar-refractivity contribution in [3.05, 3.63) is 24.3 Å². The molecule has 142 valence electrons. The van der Waals surface area contributed by atoms with Crippen LogP contribution in [0.3, 0.4) is 0 Å². The van der Waals surface area contributed by atoms with Crippen LogP contribution < -0.4 is 10.1 Å². The van der Waals surface area contributed by atoms with Crippen LogP contribution in [0.4, 0.5) is 6.01 Å². The van der Waals surface area contributed by atoms with Crippen LogP contribution in [-0.4, -0.2) is 60.6 Å². The lowest BCUT2D eigenvalue weighted by molar-refractivity contribution is 0.0193. The summed E-state index contributed by atoms with van der Waals surface area (Å²) in [6.07, 6.45) is 1.96. The summed E-state index contributed by atoms with van der Waals surface area (Å²) in [6, 6.07) is 8.68. The maximum absolute atomic E-state index is 5.77. The molecule has 0 amide bonds. The molecule has 1 N–H and O–H groups in total. The third-order valence-corrected chi connectivity index (χ3v) is 4.51. The van der Waals surface area contributed by atoms with E-state index >= 15 is 0 Å². The number of hydrogen-bond donors (Lipinski definition) is 1. The summed E-state index contributed by atoms with van der Waals surface area (Å²) in [6.45, 7) is 9.42. The standard InChI is InChI=1S/C19H28N4O3/c1-3-12-25-17-7-5-4-6-16(17)18-21-22-19(26-18)20-9-8-15(2)23-10-13-24-14-11-23/h4-7,15H,3,8-14H2,1-2H3,(H,20,22). The molecule has 2 heterocycles. The second-order valence-electron chi connectivity index (χ2n) is 6.47. The second kappa shape index (κ2) is 9.54. The molecular formula is C19H28N4O3. The van der Waals surface area contributed by atoms with E-state index in [2.05, 4.69) is 34.3 Å². The Hall–Kier alpha value is -2.12. The van der Waals surface area contributed by atoms with E-state index < -0.39 is 0 Å². The zero-order valence-electron chi connectivity index (χ0n) is 15.6. The van der Waals surface area contributed by atoms with E-state index in [0.29, 0.717) is 24.6 Å². The number of ether oxygens (including phenoxy) is 2. The first-order chi connectivity index (χ1) is 12.8. The van der Waals surface area contributed by atoms with Crippen LogP contribution in [0.25, 0.3) is 11.5 Å². The highest BCUT2D eigenvalue weighted by Gasteiger charge is 2.17. The number of benzene rings is 1. The van der Waals surface area contributed by atoms with Crippen LogP contribution in [0, 0.1) is 0 Å². The van der Waals surface area contributed by atoms with Crippen molar-refractivity contribution < 1.29 is 13.9 Å². The number of aromatic nitrogens is 2. The molecule has 0 aliphatic carbocycles. The van der Waals surface area contributed by atoms with Crippen molar-refractivity contribution in [3.8, 4) is 17.2 Å². The van der Waals surface area contributed by atoms with Crippen LogP contribution in [-0.2, 0) is 4.74 Å². The Morgan fingerprint density at radius 3 is 2.85 bits per heavy atom. The monoisotopic (exact) mass is 360 g/mol. The molecule has 1 aliphatic heterocycles. The van der Waals surface area contributed by atoms with Crippen molar-refractivity contribution in [2.45, 2.75) is 32.7 Å². The average molecular weight is 360 g/mol. The number of anilines is 1. The minimum Gasteiger partial charge on any atom is -0.493 e. The van der Waals surface area contributed by atoms with Gasteiger partial charge in [0.25, 0.3) is 5.89 Å². The fraction of sp³-hybridized carbons (Fsp3) is 0.579. The van der Waals surface area contributed by atoms with E-state index in [1.165, 1.54) is 0 Å². The Morgan fingerprint density at radius 1 is 1.23 bits per heavy atom. The van der Waals surface area contributed by atoms with Gasteiger partial charge in [-0.05, 0) is 31.9 Å². The predicted molar refractivity (Wildman–Crippen MR) is 100 cm³/mol. The molecule has 0 saturated carbocycles. The lowest BCUT2D eigenvalue weighted by Crippen LogP contribution is -2.42. The third kappa shape index (κ3) is 4.95. The molecule has 1 aliphatic rings. The molecule has 1 atom stereocenters. The van der Waals surface area contributed by atoms with Crippen molar-refractivity contribution >= 4 is 6.01 Å². The first-order valence-electron chi connectivity index (χ1n) is 9.39. The van der Waals surface area contributed by atoms with Gasteiger partial charge in [0, 0.05) is 25.7 Å². The van der Waals surface area contributed by atoms with Gasteiger partial charge in [0.2, 0.25) is 0 Å². The molecule has 7 heteroatoms. The first kappa shape index (κ1) is 18.7. The first-order valence-corrected chi connectivity index (χ1v) is 9.39. The number of morpholine rings is 1. The number of nitrogens with zero attached hydrogens (tertiary/aromatic N) is 3. The fourth-order valence-electron chi connectivity index (χ4n) is 2.97. The van der Waals surface area contributed by atoms with Gasteiger partial charge in [-0.15, -0.1) is 5.10 Å². The quantitative estimate of drug-likeness (QED) is 0.737. The van der Waals surface area contributed by atoms with Gasteiger partial charge in [-0.2, -0.15) is 0 Å². The van der Waals surface area contributed by atoms with Crippen LogP contribution >= 0.6 is 0 Å². The molecule has 1 aromatic heterocycles. The molecule has 0 radical (unpaired) electrons. The van der Waals surface area contributed by atoms with E-state index in [4.69, 9.17) is 13.9 Å². The normalized spacial score (nSPS) is 16.4. The summed E-state index contributed by atoms with van der Waals surface area (Å²) >= 11 is 0. The molecule has 1 aromatic carbocycles. The highest BCUT2D eigenvalue weighted by molar-refractivity contribution is 5.62. The van der Waals surface area contributed by atoms with Crippen LogP contribution in [0.2, 0.25) is 0 Å². The Morgan fingerprint density at radius 2 is 2.04 bits per heavy atom. The average Bonchev–Trinajstić information content (AvgIpc) is 3.16. The topological polar surface area (TPSA) is 72.7 Å². The summed E-state index contributed by atoms with van der Waals surface area (Å²) in [5.41, 5.74) is 0.822. The van der Waals surface area contributed by atoms with Crippen molar-refractivity contribution in [3.63, 3.8) is 0 Å². The Bertz CT molecular complexity index is 670. The number of rotatable bonds is 9. The smallest absolute Gasteiger partial charge is 0.315 e. The molecule has 2 aromatic rings. The van der Waals surface area contributed by atoms with Gasteiger partial charge in [0.15, 0.2) is 0 Å². The van der Waals surface area contributed by atoms with Gasteiger partial charge < -0.3 is 19.2 Å². The molecule has 7 nitrogen and oxygen atoms in total. The Labute approximate surface area is 154 Å². The summed E-state index contributed by atoms with van der Waals surface area (Å²) in [7, 11) is 0. The van der Waals surface area contributed by atoms with Gasteiger partial charge in [0.05, 0.1) is 25.4 Å². The highest BCUT2D eigenvalue weighted by Crippen LogP contribution is 2.29. The highest BCUT2D eigenvalue weighted by atomic mass is 16.5. The van der Waals surface area contributed by atoms with Crippen molar-refractivity contribution in [1.82, 2.24) is 15.1 Å². The summed E-state index contributed by atoms with van der Waals surface area (Å²) < 4.78 is 16.9. The van der Waals surface area contributed by atoms with E-state index in [9.17, 15) is 0 Å². The molecular weight excluding hydrogens is 332 g/mol. The van der Waals surface area contributed by atoms with E-state index in [0.717, 1.165) is 57.0 Å². The minimum absolute atomic E-state index is 0.444. The van der Waals surface area contributed by atoms with Crippen LogP contribution in [0.1, 0.15) is 26.7 Å². The van der Waals surface area contributed by atoms with Crippen molar-refractivity contribution in [2.75, 3.05) is 44.8 Å². The molecule has 26 heavy (non-hydrogen) atoms. The van der Waals surface area contributed by atoms with Crippen molar-refractivity contribution in [2.24, 2.45) is 0 Å².